The fourth-order valence-electron chi connectivity index (χ4n) is 2.18. The number of pyridine rings is 1. The summed E-state index contributed by atoms with van der Waals surface area (Å²) >= 11 is 0. The van der Waals surface area contributed by atoms with Crippen LogP contribution in [0.2, 0.25) is 0 Å². The van der Waals surface area contributed by atoms with Gasteiger partial charge in [-0.25, -0.2) is 9.37 Å². The second-order valence-electron chi connectivity index (χ2n) is 4.76. The number of likely N-dealkylation sites (tertiary alicyclic amines) is 1. The zero-order chi connectivity index (χ0) is 14.7. The molecule has 0 radical (unpaired) electrons. The molecule has 0 spiro atoms. The minimum Gasteiger partial charge on any atom is -0.480 e. The van der Waals surface area contributed by atoms with Crippen LogP contribution in [0.3, 0.4) is 0 Å². The predicted molar refractivity (Wildman–Crippen MR) is 71.3 cm³/mol. The molecule has 2 rings (SSSR count). The van der Waals surface area contributed by atoms with Gasteiger partial charge in [0.1, 0.15) is 23.9 Å². The normalized spacial score (nSPS) is 23.1. The van der Waals surface area contributed by atoms with Crippen molar-refractivity contribution in [2.24, 2.45) is 0 Å². The van der Waals surface area contributed by atoms with E-state index < -0.39 is 12.3 Å². The molecule has 0 bridgehead atoms. The SMILES string of the molecule is COc1ncc(N)c(C#N)c1O[C@@H]1CCN(C)C[C@@H]1F. The first kappa shape index (κ1) is 14.3. The molecule has 108 valence electrons. The Balaban J connectivity index is 2.28. The van der Waals surface area contributed by atoms with Crippen LogP contribution in [-0.2, 0) is 0 Å². The van der Waals surface area contributed by atoms with Gasteiger partial charge in [0.2, 0.25) is 5.75 Å². The largest absolute Gasteiger partial charge is 0.480 e. The minimum absolute atomic E-state index is 0.118. The third-order valence-electron chi connectivity index (χ3n) is 3.29. The molecule has 1 aromatic heterocycles. The summed E-state index contributed by atoms with van der Waals surface area (Å²) in [6.45, 7) is 1.02. The number of nitrogen functional groups attached to an aromatic ring is 1. The molecule has 1 aromatic rings. The lowest BCUT2D eigenvalue weighted by atomic mass is 10.1. The number of piperidine rings is 1. The van der Waals surface area contributed by atoms with E-state index in [-0.39, 0.29) is 22.9 Å². The predicted octanol–water partition coefficient (Wildman–Crippen LogP) is 0.965. The van der Waals surface area contributed by atoms with Crippen LogP contribution in [0.4, 0.5) is 10.1 Å². The van der Waals surface area contributed by atoms with Gasteiger partial charge in [-0.3, -0.25) is 0 Å². The van der Waals surface area contributed by atoms with Gasteiger partial charge >= 0.3 is 0 Å². The highest BCUT2D eigenvalue weighted by Gasteiger charge is 2.31. The monoisotopic (exact) mass is 280 g/mol. The van der Waals surface area contributed by atoms with Crippen LogP contribution in [0.25, 0.3) is 0 Å². The van der Waals surface area contributed by atoms with Crippen LogP contribution in [0.1, 0.15) is 12.0 Å². The van der Waals surface area contributed by atoms with Gasteiger partial charge in [-0.1, -0.05) is 0 Å². The first-order valence-corrected chi connectivity index (χ1v) is 6.28. The molecule has 2 N–H and O–H groups in total. The molecule has 7 heteroatoms. The van der Waals surface area contributed by atoms with Crippen molar-refractivity contribution in [2.75, 3.05) is 33.0 Å². The Kier molecular flexibility index (Phi) is 4.25. The van der Waals surface area contributed by atoms with Crippen LogP contribution in [0.5, 0.6) is 11.6 Å². The maximum Gasteiger partial charge on any atom is 0.258 e. The van der Waals surface area contributed by atoms with Crippen LogP contribution in [0.15, 0.2) is 6.20 Å². The molecule has 20 heavy (non-hydrogen) atoms. The minimum atomic E-state index is -1.13. The number of rotatable bonds is 3. The number of methoxy groups -OCH3 is 1. The summed E-state index contributed by atoms with van der Waals surface area (Å²) in [4.78, 5) is 5.85. The Morgan fingerprint density at radius 3 is 2.95 bits per heavy atom. The lowest BCUT2D eigenvalue weighted by Gasteiger charge is -2.32. The first-order chi connectivity index (χ1) is 9.56. The zero-order valence-electron chi connectivity index (χ0n) is 11.5. The van der Waals surface area contributed by atoms with Gasteiger partial charge in [0.05, 0.1) is 19.0 Å². The van der Waals surface area contributed by atoms with Crippen LogP contribution >= 0.6 is 0 Å². The summed E-state index contributed by atoms with van der Waals surface area (Å²) in [7, 11) is 3.26. The Hall–Kier alpha value is -2.07. The van der Waals surface area contributed by atoms with Crippen LogP contribution in [-0.4, -0.2) is 49.4 Å². The summed E-state index contributed by atoms with van der Waals surface area (Å²) < 4.78 is 24.7. The number of nitrogens with two attached hydrogens (primary N) is 1. The first-order valence-electron chi connectivity index (χ1n) is 6.28. The lowest BCUT2D eigenvalue weighted by Crippen LogP contribution is -2.45. The van der Waals surface area contributed by atoms with E-state index in [0.717, 1.165) is 6.54 Å². The molecular formula is C13H17FN4O2. The number of nitriles is 1. The Morgan fingerprint density at radius 2 is 2.35 bits per heavy atom. The van der Waals surface area contributed by atoms with E-state index in [2.05, 4.69) is 4.98 Å². The quantitative estimate of drug-likeness (QED) is 0.888. The van der Waals surface area contributed by atoms with Crippen molar-refractivity contribution in [1.29, 1.82) is 5.26 Å². The summed E-state index contributed by atoms with van der Waals surface area (Å²) in [6.07, 6.45) is 0.0917. The summed E-state index contributed by atoms with van der Waals surface area (Å²) in [5, 5.41) is 9.16. The van der Waals surface area contributed by atoms with Crippen molar-refractivity contribution in [3.05, 3.63) is 11.8 Å². The van der Waals surface area contributed by atoms with E-state index >= 15 is 0 Å². The number of aromatic nitrogens is 1. The highest BCUT2D eigenvalue weighted by molar-refractivity contribution is 5.63. The van der Waals surface area contributed by atoms with Crippen molar-refractivity contribution in [3.8, 4) is 17.7 Å². The Morgan fingerprint density at radius 1 is 1.60 bits per heavy atom. The number of hydrogen-bond acceptors (Lipinski definition) is 6. The van der Waals surface area contributed by atoms with Crippen molar-refractivity contribution in [2.45, 2.75) is 18.7 Å². The summed E-state index contributed by atoms with van der Waals surface area (Å²) in [5.74, 6) is 0.258. The Labute approximate surface area is 116 Å². The Bertz CT molecular complexity index is 532. The summed E-state index contributed by atoms with van der Waals surface area (Å²) in [5.41, 5.74) is 6.01. The standard InChI is InChI=1S/C13H17FN4O2/c1-18-4-3-11(9(14)7-18)20-12-8(5-15)10(16)6-17-13(12)19-2/h6,9,11H,3-4,7,16H2,1-2H3/t9-,11+/m0/s1. The average molecular weight is 280 g/mol. The fraction of sp³-hybridized carbons (Fsp3) is 0.538. The molecular weight excluding hydrogens is 263 g/mol. The lowest BCUT2D eigenvalue weighted by molar-refractivity contribution is 0.0293. The molecule has 6 nitrogen and oxygen atoms in total. The van der Waals surface area contributed by atoms with Crippen molar-refractivity contribution in [1.82, 2.24) is 9.88 Å². The second-order valence-corrected chi connectivity index (χ2v) is 4.76. The fourth-order valence-corrected chi connectivity index (χ4v) is 2.18. The number of anilines is 1. The van der Waals surface area contributed by atoms with E-state index in [1.807, 2.05) is 18.0 Å². The second kappa shape index (κ2) is 5.92. The van der Waals surface area contributed by atoms with Gasteiger partial charge in [-0.15, -0.1) is 0 Å². The van der Waals surface area contributed by atoms with Crippen molar-refractivity contribution >= 4 is 5.69 Å². The molecule has 0 saturated carbocycles. The molecule has 0 aliphatic carbocycles. The number of halogens is 1. The molecule has 1 fully saturated rings. The average Bonchev–Trinajstić information content (AvgIpc) is 2.42. The number of ether oxygens (including phenoxy) is 2. The van der Waals surface area contributed by atoms with Gasteiger partial charge in [-0.05, 0) is 13.5 Å². The molecule has 0 unspecified atom stereocenters. The molecule has 0 aromatic carbocycles. The maximum absolute atomic E-state index is 14.0. The topological polar surface area (TPSA) is 84.4 Å². The molecule has 2 heterocycles. The third kappa shape index (κ3) is 2.75. The van der Waals surface area contributed by atoms with Gasteiger partial charge in [0.25, 0.3) is 5.88 Å². The molecule has 1 aliphatic heterocycles. The van der Waals surface area contributed by atoms with Crippen LogP contribution < -0.4 is 15.2 Å². The number of nitrogens with zero attached hydrogens (tertiary/aromatic N) is 3. The third-order valence-corrected chi connectivity index (χ3v) is 3.29. The zero-order valence-corrected chi connectivity index (χ0v) is 11.5. The van der Waals surface area contributed by atoms with E-state index in [1.54, 1.807) is 0 Å². The summed E-state index contributed by atoms with van der Waals surface area (Å²) in [6, 6.07) is 1.95. The molecule has 0 amide bonds. The van der Waals surface area contributed by atoms with Gasteiger partial charge in [-0.2, -0.15) is 5.26 Å². The molecule has 1 saturated heterocycles. The van der Waals surface area contributed by atoms with Crippen molar-refractivity contribution < 1.29 is 13.9 Å². The van der Waals surface area contributed by atoms with Crippen LogP contribution in [0, 0.1) is 11.3 Å². The smallest absolute Gasteiger partial charge is 0.258 e. The number of alkyl halides is 1. The number of hydrogen-bond donors (Lipinski definition) is 1. The van der Waals surface area contributed by atoms with E-state index in [9.17, 15) is 4.39 Å². The molecule has 2 atom stereocenters. The van der Waals surface area contributed by atoms with Gasteiger partial charge in [0.15, 0.2) is 0 Å². The maximum atomic E-state index is 14.0. The van der Waals surface area contributed by atoms with E-state index in [1.165, 1.54) is 13.3 Å². The highest BCUT2D eigenvalue weighted by Crippen LogP contribution is 2.34. The highest BCUT2D eigenvalue weighted by atomic mass is 19.1. The van der Waals surface area contributed by atoms with Gasteiger partial charge < -0.3 is 20.1 Å². The van der Waals surface area contributed by atoms with Gasteiger partial charge in [0, 0.05) is 13.1 Å². The van der Waals surface area contributed by atoms with E-state index in [4.69, 9.17) is 20.5 Å². The van der Waals surface area contributed by atoms with Crippen molar-refractivity contribution in [3.63, 3.8) is 0 Å². The molecule has 1 aliphatic rings. The van der Waals surface area contributed by atoms with E-state index in [0.29, 0.717) is 13.0 Å².